The number of rotatable bonds is 59. The Bertz CT molecular complexity index is 1760. The summed E-state index contributed by atoms with van der Waals surface area (Å²) in [6.07, 6.45) is 97.2. The van der Waals surface area contributed by atoms with Crippen molar-refractivity contribution >= 4 is 17.9 Å². The Morgan fingerprint density at radius 1 is 0.259 bits per heavy atom. The third-order valence-electron chi connectivity index (χ3n) is 13.8. The second kappa shape index (κ2) is 67.8. The zero-order chi connectivity index (χ0) is 58.5. The average molecular weight is 1120 g/mol. The molecule has 0 aromatic rings. The first-order valence-electron chi connectivity index (χ1n) is 33.3. The lowest BCUT2D eigenvalue weighted by molar-refractivity contribution is -0.167. The Balaban J connectivity index is 4.28. The van der Waals surface area contributed by atoms with Crippen molar-refractivity contribution in [1.29, 1.82) is 0 Å². The van der Waals surface area contributed by atoms with E-state index >= 15 is 0 Å². The smallest absolute Gasteiger partial charge is 0.306 e. The number of unbranched alkanes of at least 4 members (excludes halogenated alkanes) is 24. The molecule has 0 bridgehead atoms. The molecule has 0 N–H and O–H groups in total. The van der Waals surface area contributed by atoms with Crippen LogP contribution >= 0.6 is 0 Å². The summed E-state index contributed by atoms with van der Waals surface area (Å²) in [5, 5.41) is 0. The fraction of sp³-hybridized carbons (Fsp3) is 0.640. The van der Waals surface area contributed by atoms with Gasteiger partial charge in [0.05, 0.1) is 0 Å². The average Bonchev–Trinajstić information content (AvgIpc) is 3.47. The van der Waals surface area contributed by atoms with E-state index in [0.717, 1.165) is 154 Å². The summed E-state index contributed by atoms with van der Waals surface area (Å²) in [7, 11) is 0. The first-order chi connectivity index (χ1) is 40.0. The van der Waals surface area contributed by atoms with E-state index in [0.29, 0.717) is 19.3 Å². The first kappa shape index (κ1) is 76.3. The number of carbonyl (C=O) groups is 3. The summed E-state index contributed by atoms with van der Waals surface area (Å²) in [6, 6.07) is 0. The Kier molecular flexibility index (Phi) is 63.9. The molecular weight excluding hydrogens is 997 g/mol. The normalized spacial score (nSPS) is 13.1. The fourth-order valence-electron chi connectivity index (χ4n) is 8.92. The third kappa shape index (κ3) is 66.0. The van der Waals surface area contributed by atoms with Crippen molar-refractivity contribution in [2.45, 2.75) is 297 Å². The lowest BCUT2D eigenvalue weighted by Gasteiger charge is -2.18. The molecule has 0 aliphatic heterocycles. The first-order valence-corrected chi connectivity index (χ1v) is 33.3. The molecule has 0 aliphatic carbocycles. The van der Waals surface area contributed by atoms with Gasteiger partial charge < -0.3 is 14.2 Å². The molecule has 0 heterocycles. The zero-order valence-corrected chi connectivity index (χ0v) is 52.5. The van der Waals surface area contributed by atoms with Gasteiger partial charge in [0.1, 0.15) is 13.2 Å². The van der Waals surface area contributed by atoms with Gasteiger partial charge in [-0.25, -0.2) is 0 Å². The van der Waals surface area contributed by atoms with E-state index in [1.807, 2.05) is 0 Å². The Labute approximate surface area is 499 Å². The van der Waals surface area contributed by atoms with Crippen molar-refractivity contribution in [3.8, 4) is 0 Å². The molecule has 0 saturated heterocycles. The van der Waals surface area contributed by atoms with Crippen LogP contribution in [0.2, 0.25) is 0 Å². The minimum atomic E-state index is -0.793. The van der Waals surface area contributed by atoms with Gasteiger partial charge in [-0.05, 0) is 122 Å². The zero-order valence-electron chi connectivity index (χ0n) is 52.5. The topological polar surface area (TPSA) is 78.9 Å². The maximum atomic E-state index is 12.9. The highest BCUT2D eigenvalue weighted by molar-refractivity contribution is 5.71. The predicted molar refractivity (Wildman–Crippen MR) is 352 cm³/mol. The van der Waals surface area contributed by atoms with E-state index in [2.05, 4.69) is 167 Å². The molecule has 0 amide bonds. The molecular formula is C75H122O6. The highest BCUT2D eigenvalue weighted by atomic mass is 16.6. The molecule has 0 radical (unpaired) electrons. The molecule has 0 aliphatic rings. The molecule has 81 heavy (non-hydrogen) atoms. The van der Waals surface area contributed by atoms with Crippen LogP contribution in [-0.4, -0.2) is 37.2 Å². The summed E-state index contributed by atoms with van der Waals surface area (Å²) in [5.74, 6) is -0.912. The lowest BCUT2D eigenvalue weighted by Crippen LogP contribution is -2.30. The van der Waals surface area contributed by atoms with Crippen LogP contribution in [0.1, 0.15) is 290 Å². The van der Waals surface area contributed by atoms with E-state index in [-0.39, 0.29) is 31.1 Å². The molecule has 0 rings (SSSR count). The number of carbonyl (C=O) groups excluding carboxylic acids is 3. The SMILES string of the molecule is CC/C=C\C/C=C\C/C=C\C/C=C\C/C=C\C/C=C\C/C=C\CCCCCCCC(=O)OCC(COC(=O)CCCCCCCCCCC)OC(=O)CCCCCCCCCCCCC/C=C\C/C=C\C/C=C\C/C=C\C/C=C\CC. The summed E-state index contributed by atoms with van der Waals surface area (Å²) >= 11 is 0. The van der Waals surface area contributed by atoms with E-state index in [9.17, 15) is 14.4 Å². The van der Waals surface area contributed by atoms with Gasteiger partial charge >= 0.3 is 17.9 Å². The summed E-state index contributed by atoms with van der Waals surface area (Å²) in [6.45, 7) is 6.38. The number of allylic oxidation sites excluding steroid dienone is 24. The van der Waals surface area contributed by atoms with Gasteiger partial charge in [0.2, 0.25) is 0 Å². The third-order valence-corrected chi connectivity index (χ3v) is 13.8. The van der Waals surface area contributed by atoms with Crippen LogP contribution in [0.3, 0.4) is 0 Å². The van der Waals surface area contributed by atoms with Crippen LogP contribution < -0.4 is 0 Å². The Morgan fingerprint density at radius 3 is 0.753 bits per heavy atom. The van der Waals surface area contributed by atoms with E-state index in [4.69, 9.17) is 14.2 Å². The molecule has 458 valence electrons. The van der Waals surface area contributed by atoms with E-state index in [1.165, 1.54) is 96.3 Å². The quantitative estimate of drug-likeness (QED) is 0.0261. The number of hydrogen-bond donors (Lipinski definition) is 0. The predicted octanol–water partition coefficient (Wildman–Crippen LogP) is 23.1. The van der Waals surface area contributed by atoms with Gasteiger partial charge in [-0.3, -0.25) is 14.4 Å². The molecule has 6 heteroatoms. The number of esters is 3. The minimum Gasteiger partial charge on any atom is -0.462 e. The second-order valence-electron chi connectivity index (χ2n) is 21.6. The molecule has 6 nitrogen and oxygen atoms in total. The van der Waals surface area contributed by atoms with Gasteiger partial charge in [-0.15, -0.1) is 0 Å². The molecule has 0 aromatic heterocycles. The van der Waals surface area contributed by atoms with Crippen molar-refractivity contribution in [2.24, 2.45) is 0 Å². The monoisotopic (exact) mass is 1120 g/mol. The van der Waals surface area contributed by atoms with Crippen LogP contribution in [0.5, 0.6) is 0 Å². The van der Waals surface area contributed by atoms with E-state index < -0.39 is 6.10 Å². The summed E-state index contributed by atoms with van der Waals surface area (Å²) in [4.78, 5) is 38.3. The van der Waals surface area contributed by atoms with Gasteiger partial charge in [0.25, 0.3) is 0 Å². The maximum Gasteiger partial charge on any atom is 0.306 e. The molecule has 1 unspecified atom stereocenters. The van der Waals surface area contributed by atoms with Crippen LogP contribution in [0.15, 0.2) is 146 Å². The molecule has 1 atom stereocenters. The highest BCUT2D eigenvalue weighted by Gasteiger charge is 2.19. The van der Waals surface area contributed by atoms with Gasteiger partial charge in [0, 0.05) is 19.3 Å². The standard InChI is InChI=1S/C75H122O6/c1-4-7-10-13-16-19-21-23-25-27-29-31-33-35-37-39-41-43-45-47-49-51-53-56-59-62-65-68-74(77)80-71-72(70-79-73(76)67-64-61-58-55-18-15-12-9-6-3)81-75(78)69-66-63-60-57-54-52-50-48-46-44-42-40-38-36-34-32-30-28-26-24-22-20-17-14-11-8-5-2/h7-8,10-11,16-17,19-20,23-26,29-32,35-38,41,43,47,49,72H,4-6,9,12-15,18,21-22,27-28,33-34,39-40,42,44-46,48,50-71H2,1-3H3/b10-7-,11-8-,19-16-,20-17-,25-23-,26-24-,31-29-,32-30-,37-35-,38-36-,43-41-,49-47-. The highest BCUT2D eigenvalue weighted by Crippen LogP contribution is 2.16. The van der Waals surface area contributed by atoms with Crippen molar-refractivity contribution < 1.29 is 28.6 Å². The summed E-state index contributed by atoms with van der Waals surface area (Å²) in [5.41, 5.74) is 0. The van der Waals surface area contributed by atoms with E-state index in [1.54, 1.807) is 0 Å². The van der Waals surface area contributed by atoms with Gasteiger partial charge in [0.15, 0.2) is 6.10 Å². The van der Waals surface area contributed by atoms with Crippen molar-refractivity contribution in [2.75, 3.05) is 13.2 Å². The van der Waals surface area contributed by atoms with Gasteiger partial charge in [-0.1, -0.05) is 295 Å². The second-order valence-corrected chi connectivity index (χ2v) is 21.6. The van der Waals surface area contributed by atoms with Crippen LogP contribution in [-0.2, 0) is 28.6 Å². The number of hydrogen-bond acceptors (Lipinski definition) is 6. The van der Waals surface area contributed by atoms with Crippen molar-refractivity contribution in [3.05, 3.63) is 146 Å². The number of ether oxygens (including phenoxy) is 3. The molecule has 0 spiro atoms. The van der Waals surface area contributed by atoms with Gasteiger partial charge in [-0.2, -0.15) is 0 Å². The largest absolute Gasteiger partial charge is 0.462 e. The Morgan fingerprint density at radius 2 is 0.481 bits per heavy atom. The molecule has 0 saturated carbocycles. The van der Waals surface area contributed by atoms with Crippen LogP contribution in [0, 0.1) is 0 Å². The molecule has 0 fully saturated rings. The maximum absolute atomic E-state index is 12.9. The van der Waals surface area contributed by atoms with Crippen molar-refractivity contribution in [1.82, 2.24) is 0 Å². The fourth-order valence-corrected chi connectivity index (χ4v) is 8.92. The summed E-state index contributed by atoms with van der Waals surface area (Å²) < 4.78 is 16.9. The Hall–Kier alpha value is -4.71. The van der Waals surface area contributed by atoms with Crippen LogP contribution in [0.4, 0.5) is 0 Å². The lowest BCUT2D eigenvalue weighted by atomic mass is 10.0. The van der Waals surface area contributed by atoms with Crippen LogP contribution in [0.25, 0.3) is 0 Å². The molecule has 0 aromatic carbocycles. The van der Waals surface area contributed by atoms with Crippen molar-refractivity contribution in [3.63, 3.8) is 0 Å². The minimum absolute atomic E-state index is 0.0879.